The number of fused-ring (bicyclic) bond motifs is 1. The molecule has 22 heavy (non-hydrogen) atoms. The second-order valence-corrected chi connectivity index (χ2v) is 5.56. The number of oxazole rings is 1. The molecule has 7 heteroatoms. The Hall–Kier alpha value is -1.70. The van der Waals surface area contributed by atoms with Gasteiger partial charge in [0.2, 0.25) is 0 Å². The number of H-pyrrole nitrogens is 1. The summed E-state index contributed by atoms with van der Waals surface area (Å²) in [5, 5.41) is 2.87. The van der Waals surface area contributed by atoms with Crippen LogP contribution in [-0.4, -0.2) is 43.4 Å². The van der Waals surface area contributed by atoms with Crippen LogP contribution in [0, 0.1) is 4.84 Å². The minimum Gasteiger partial charge on any atom is -0.429 e. The van der Waals surface area contributed by atoms with Gasteiger partial charge in [0.15, 0.2) is 5.58 Å². The summed E-state index contributed by atoms with van der Waals surface area (Å²) in [6.45, 7) is 2.65. The lowest BCUT2D eigenvalue weighted by molar-refractivity contribution is 0.0415. The van der Waals surface area contributed by atoms with Crippen LogP contribution in [0.5, 0.6) is 0 Å². The molecule has 1 atom stereocenters. The number of benzene rings is 1. The predicted molar refractivity (Wildman–Crippen MR) is 83.5 cm³/mol. The van der Waals surface area contributed by atoms with Gasteiger partial charge in [-0.3, -0.25) is 4.79 Å². The minimum atomic E-state index is -0.131. The lowest BCUT2D eigenvalue weighted by Gasteiger charge is -2.10. The van der Waals surface area contributed by atoms with Crippen molar-refractivity contribution in [3.8, 4) is 0 Å². The van der Waals surface area contributed by atoms with Crippen molar-refractivity contribution >= 4 is 29.2 Å². The van der Waals surface area contributed by atoms with Crippen LogP contribution in [0.15, 0.2) is 22.6 Å². The standard InChI is InChI=1S/C15H18N2O4S/c18-14(16-5-1-6-20-11-4-7-19-9-11)10-2-3-12-13(8-10)21-15(22)17-12/h2-3,8,11H,1,4-7,9H2,(H,16,18)(H,17,22). The number of aromatic nitrogens is 1. The highest BCUT2D eigenvalue weighted by molar-refractivity contribution is 7.71. The minimum absolute atomic E-state index is 0.131. The molecule has 0 spiro atoms. The third kappa shape index (κ3) is 3.73. The van der Waals surface area contributed by atoms with Gasteiger partial charge in [0, 0.05) is 25.3 Å². The van der Waals surface area contributed by atoms with E-state index in [1.807, 2.05) is 0 Å². The fourth-order valence-electron chi connectivity index (χ4n) is 2.36. The van der Waals surface area contributed by atoms with E-state index in [-0.39, 0.29) is 12.0 Å². The van der Waals surface area contributed by atoms with Crippen molar-refractivity contribution in [3.63, 3.8) is 0 Å². The number of carbonyl (C=O) groups excluding carboxylic acids is 1. The number of rotatable bonds is 6. The molecule has 6 nitrogen and oxygen atoms in total. The summed E-state index contributed by atoms with van der Waals surface area (Å²) in [7, 11) is 0. The van der Waals surface area contributed by atoms with Crippen LogP contribution in [0.2, 0.25) is 0 Å². The fourth-order valence-corrected chi connectivity index (χ4v) is 2.56. The molecule has 0 aliphatic carbocycles. The van der Waals surface area contributed by atoms with Gasteiger partial charge in [-0.2, -0.15) is 0 Å². The van der Waals surface area contributed by atoms with E-state index in [0.29, 0.717) is 35.7 Å². The topological polar surface area (TPSA) is 76.5 Å². The van der Waals surface area contributed by atoms with Gasteiger partial charge >= 0.3 is 0 Å². The number of ether oxygens (including phenoxy) is 2. The maximum atomic E-state index is 12.1. The first kappa shape index (κ1) is 15.2. The lowest BCUT2D eigenvalue weighted by Crippen LogP contribution is -2.26. The molecule has 1 aromatic carbocycles. The highest BCUT2D eigenvalue weighted by Crippen LogP contribution is 2.15. The smallest absolute Gasteiger partial charge is 0.266 e. The van der Waals surface area contributed by atoms with Crippen molar-refractivity contribution in [2.45, 2.75) is 18.9 Å². The summed E-state index contributed by atoms with van der Waals surface area (Å²) in [6.07, 6.45) is 1.94. The van der Waals surface area contributed by atoms with Gasteiger partial charge in [0.1, 0.15) is 0 Å². The molecule has 3 rings (SSSR count). The van der Waals surface area contributed by atoms with E-state index in [9.17, 15) is 4.79 Å². The van der Waals surface area contributed by atoms with Crippen LogP contribution < -0.4 is 5.32 Å². The third-order valence-corrected chi connectivity index (χ3v) is 3.72. The third-order valence-electron chi connectivity index (χ3n) is 3.53. The van der Waals surface area contributed by atoms with E-state index < -0.39 is 0 Å². The first-order valence-corrected chi connectivity index (χ1v) is 7.73. The van der Waals surface area contributed by atoms with Gasteiger partial charge in [0.05, 0.1) is 18.2 Å². The molecule has 1 fully saturated rings. The van der Waals surface area contributed by atoms with Crippen molar-refractivity contribution in [2.24, 2.45) is 0 Å². The Bertz CT molecular complexity index is 703. The van der Waals surface area contributed by atoms with Crippen LogP contribution in [-0.2, 0) is 9.47 Å². The van der Waals surface area contributed by atoms with Gasteiger partial charge in [-0.25, -0.2) is 0 Å². The molecule has 2 aromatic rings. The average molecular weight is 322 g/mol. The van der Waals surface area contributed by atoms with E-state index >= 15 is 0 Å². The first-order chi connectivity index (χ1) is 10.7. The van der Waals surface area contributed by atoms with Crippen molar-refractivity contribution in [1.82, 2.24) is 10.3 Å². The van der Waals surface area contributed by atoms with Gasteiger partial charge in [0.25, 0.3) is 10.7 Å². The van der Waals surface area contributed by atoms with Crippen molar-refractivity contribution < 1.29 is 18.7 Å². The van der Waals surface area contributed by atoms with E-state index in [0.717, 1.165) is 25.0 Å². The van der Waals surface area contributed by atoms with Crippen LogP contribution >= 0.6 is 12.2 Å². The second-order valence-electron chi connectivity index (χ2n) is 5.19. The maximum Gasteiger partial charge on any atom is 0.266 e. The van der Waals surface area contributed by atoms with Crippen molar-refractivity contribution in [3.05, 3.63) is 28.6 Å². The SMILES string of the molecule is O=C(NCCCOC1CCOC1)c1ccc2[nH]c(=S)oc2c1. The van der Waals surface area contributed by atoms with E-state index in [4.69, 9.17) is 26.1 Å². The Labute approximate surface area is 132 Å². The summed E-state index contributed by atoms with van der Waals surface area (Å²) >= 11 is 4.92. The Morgan fingerprint density at radius 1 is 1.50 bits per heavy atom. The molecule has 1 aliphatic heterocycles. The Kier molecular flexibility index (Phi) is 4.87. The largest absolute Gasteiger partial charge is 0.429 e. The van der Waals surface area contributed by atoms with Gasteiger partial charge in [-0.1, -0.05) is 0 Å². The Morgan fingerprint density at radius 2 is 2.41 bits per heavy atom. The molecular formula is C15H18N2O4S. The molecule has 0 bridgehead atoms. The zero-order chi connectivity index (χ0) is 15.4. The Morgan fingerprint density at radius 3 is 3.23 bits per heavy atom. The highest BCUT2D eigenvalue weighted by atomic mass is 32.1. The zero-order valence-corrected chi connectivity index (χ0v) is 12.9. The van der Waals surface area contributed by atoms with Crippen LogP contribution in [0.4, 0.5) is 0 Å². The van der Waals surface area contributed by atoms with Crippen LogP contribution in [0.3, 0.4) is 0 Å². The van der Waals surface area contributed by atoms with E-state index in [1.54, 1.807) is 18.2 Å². The van der Waals surface area contributed by atoms with E-state index in [1.165, 1.54) is 0 Å². The highest BCUT2D eigenvalue weighted by Gasteiger charge is 2.15. The zero-order valence-electron chi connectivity index (χ0n) is 12.1. The number of amides is 1. The second kappa shape index (κ2) is 7.04. The maximum absolute atomic E-state index is 12.1. The van der Waals surface area contributed by atoms with Crippen LogP contribution in [0.25, 0.3) is 11.1 Å². The molecule has 1 saturated heterocycles. The summed E-state index contributed by atoms with van der Waals surface area (Å²) in [4.78, 5) is 15.3. The number of hydrogen-bond acceptors (Lipinski definition) is 5. The normalized spacial score (nSPS) is 17.9. The molecule has 1 aliphatic rings. The molecule has 1 aromatic heterocycles. The number of nitrogens with one attached hydrogen (secondary N) is 2. The first-order valence-electron chi connectivity index (χ1n) is 7.33. The fraction of sp³-hybridized carbons (Fsp3) is 0.467. The quantitative estimate of drug-likeness (QED) is 0.631. The molecule has 0 radical (unpaired) electrons. The van der Waals surface area contributed by atoms with Crippen molar-refractivity contribution in [2.75, 3.05) is 26.4 Å². The van der Waals surface area contributed by atoms with Gasteiger partial charge in [-0.05, 0) is 43.3 Å². The molecular weight excluding hydrogens is 304 g/mol. The summed E-state index contributed by atoms with van der Waals surface area (Å²) in [5.74, 6) is -0.131. The predicted octanol–water partition coefficient (Wildman–Crippen LogP) is 2.42. The van der Waals surface area contributed by atoms with Crippen molar-refractivity contribution in [1.29, 1.82) is 0 Å². The monoisotopic (exact) mass is 322 g/mol. The molecule has 1 unspecified atom stereocenters. The number of aromatic amines is 1. The van der Waals surface area contributed by atoms with Gasteiger partial charge < -0.3 is 24.2 Å². The molecule has 2 N–H and O–H groups in total. The molecule has 2 heterocycles. The molecule has 1 amide bonds. The van der Waals surface area contributed by atoms with Gasteiger partial charge in [-0.15, -0.1) is 0 Å². The number of carbonyl (C=O) groups is 1. The molecule has 118 valence electrons. The van der Waals surface area contributed by atoms with Crippen LogP contribution in [0.1, 0.15) is 23.2 Å². The number of hydrogen-bond donors (Lipinski definition) is 2. The summed E-state index contributed by atoms with van der Waals surface area (Å²) < 4.78 is 16.2. The molecule has 0 saturated carbocycles. The lowest BCUT2D eigenvalue weighted by atomic mass is 10.2. The Balaban J connectivity index is 1.45. The van der Waals surface area contributed by atoms with E-state index in [2.05, 4.69) is 10.3 Å². The summed E-state index contributed by atoms with van der Waals surface area (Å²) in [6, 6.07) is 5.21. The summed E-state index contributed by atoms with van der Waals surface area (Å²) in [5.41, 5.74) is 1.92. The average Bonchev–Trinajstić information content (AvgIpc) is 3.13.